The highest BCUT2D eigenvalue weighted by atomic mass is 32.2. The molecule has 0 saturated carbocycles. The molecule has 0 bridgehead atoms. The van der Waals surface area contributed by atoms with Gasteiger partial charge in [-0.2, -0.15) is 4.31 Å². The predicted molar refractivity (Wildman–Crippen MR) is 76.6 cm³/mol. The summed E-state index contributed by atoms with van der Waals surface area (Å²) in [7, 11) is -3.33. The average molecular weight is 285 g/mol. The topological polar surface area (TPSA) is 37.4 Å². The van der Waals surface area contributed by atoms with E-state index in [9.17, 15) is 8.42 Å². The molecule has 0 radical (unpaired) electrons. The maximum absolute atomic E-state index is 12.7. The molecule has 1 aliphatic rings. The highest BCUT2D eigenvalue weighted by Crippen LogP contribution is 2.31. The van der Waals surface area contributed by atoms with E-state index in [1.54, 1.807) is 16.1 Å². The molecule has 1 heterocycles. The first kappa shape index (κ1) is 13.9. The van der Waals surface area contributed by atoms with Gasteiger partial charge in [0.15, 0.2) is 0 Å². The van der Waals surface area contributed by atoms with Gasteiger partial charge in [-0.3, -0.25) is 0 Å². The second-order valence-electron chi connectivity index (χ2n) is 4.81. The molecule has 1 aliphatic heterocycles. The highest BCUT2D eigenvalue weighted by molar-refractivity contribution is 8.00. The molecule has 0 unspecified atom stereocenters. The summed E-state index contributed by atoms with van der Waals surface area (Å²) in [6.07, 6.45) is 0. The van der Waals surface area contributed by atoms with Crippen LogP contribution in [0.25, 0.3) is 0 Å². The van der Waals surface area contributed by atoms with Crippen LogP contribution in [-0.4, -0.2) is 30.9 Å². The second-order valence-corrected chi connectivity index (χ2v) is 7.76. The molecule has 1 saturated heterocycles. The van der Waals surface area contributed by atoms with Crippen LogP contribution < -0.4 is 0 Å². The first-order valence-electron chi connectivity index (χ1n) is 6.01. The van der Waals surface area contributed by atoms with Crippen molar-refractivity contribution in [3.8, 4) is 0 Å². The third-order valence-corrected chi connectivity index (χ3v) is 6.86. The molecule has 0 aromatic heterocycles. The number of rotatable bonds is 2. The molecule has 1 fully saturated rings. The molecule has 18 heavy (non-hydrogen) atoms. The van der Waals surface area contributed by atoms with E-state index in [0.717, 1.165) is 28.0 Å². The highest BCUT2D eigenvalue weighted by Gasteiger charge is 2.31. The van der Waals surface area contributed by atoms with Crippen LogP contribution in [-0.2, 0) is 10.0 Å². The molecule has 0 amide bonds. The average Bonchev–Trinajstić information content (AvgIpc) is 2.80. The van der Waals surface area contributed by atoms with Crippen LogP contribution >= 0.6 is 11.8 Å². The molecule has 0 spiro atoms. The lowest BCUT2D eigenvalue weighted by Crippen LogP contribution is -2.29. The molecule has 100 valence electrons. The first-order chi connectivity index (χ1) is 8.35. The van der Waals surface area contributed by atoms with Crippen molar-refractivity contribution in [2.75, 3.05) is 18.2 Å². The number of thioether (sulfide) groups is 1. The number of hydrogen-bond donors (Lipinski definition) is 0. The summed E-state index contributed by atoms with van der Waals surface area (Å²) in [5.41, 5.74) is 3.86. The zero-order valence-electron chi connectivity index (χ0n) is 11.3. The van der Waals surface area contributed by atoms with E-state index in [0.29, 0.717) is 17.3 Å². The summed E-state index contributed by atoms with van der Waals surface area (Å²) < 4.78 is 27.0. The van der Waals surface area contributed by atoms with Gasteiger partial charge in [0, 0.05) is 12.3 Å². The summed E-state index contributed by atoms with van der Waals surface area (Å²) >= 11 is 1.67. The van der Waals surface area contributed by atoms with Crippen LogP contribution in [0.2, 0.25) is 0 Å². The fraction of sp³-hybridized carbons (Fsp3) is 0.538. The Morgan fingerprint density at radius 3 is 2.11 bits per heavy atom. The van der Waals surface area contributed by atoms with E-state index in [-0.39, 0.29) is 0 Å². The Kier molecular flexibility index (Phi) is 3.76. The van der Waals surface area contributed by atoms with Crippen LogP contribution in [0.5, 0.6) is 0 Å². The third kappa shape index (κ3) is 2.19. The molecule has 1 aromatic rings. The van der Waals surface area contributed by atoms with Gasteiger partial charge < -0.3 is 0 Å². The second kappa shape index (κ2) is 4.87. The van der Waals surface area contributed by atoms with Crippen molar-refractivity contribution < 1.29 is 8.42 Å². The Morgan fingerprint density at radius 1 is 1.11 bits per heavy atom. The zero-order chi connectivity index (χ0) is 13.5. The summed E-state index contributed by atoms with van der Waals surface area (Å²) in [4.78, 5) is 0.516. The molecule has 2 rings (SSSR count). The number of nitrogens with zero attached hydrogens (tertiary/aromatic N) is 1. The standard InChI is InChI=1S/C13H19NO2S2/c1-9-7-10(2)12(4)13(11(9)3)18(15,16)14-5-6-17-8-14/h7H,5-6,8H2,1-4H3. The Bertz CT molecular complexity index is 547. The monoisotopic (exact) mass is 285 g/mol. The smallest absolute Gasteiger partial charge is 0.207 e. The van der Waals surface area contributed by atoms with Crippen molar-refractivity contribution in [2.24, 2.45) is 0 Å². The van der Waals surface area contributed by atoms with E-state index in [4.69, 9.17) is 0 Å². The third-order valence-electron chi connectivity index (χ3n) is 3.62. The SMILES string of the molecule is Cc1cc(C)c(C)c(S(=O)(=O)N2CCSC2)c1C. The van der Waals surface area contributed by atoms with Crippen LogP contribution in [0.15, 0.2) is 11.0 Å². The van der Waals surface area contributed by atoms with Gasteiger partial charge in [0.05, 0.1) is 10.8 Å². The predicted octanol–water partition coefficient (Wildman–Crippen LogP) is 2.62. The van der Waals surface area contributed by atoms with Crippen molar-refractivity contribution >= 4 is 21.8 Å². The number of aryl methyl sites for hydroxylation is 2. The molecule has 5 heteroatoms. The quantitative estimate of drug-likeness (QED) is 0.838. The number of sulfonamides is 1. The largest absolute Gasteiger partial charge is 0.244 e. The fourth-order valence-electron chi connectivity index (χ4n) is 2.28. The lowest BCUT2D eigenvalue weighted by atomic mass is 10.0. The molecular weight excluding hydrogens is 266 g/mol. The Balaban J connectivity index is 2.63. The summed E-state index contributed by atoms with van der Waals surface area (Å²) in [6.45, 7) is 8.37. The molecule has 0 aliphatic carbocycles. The van der Waals surface area contributed by atoms with Gasteiger partial charge in [-0.05, 0) is 49.9 Å². The minimum atomic E-state index is -3.33. The van der Waals surface area contributed by atoms with Gasteiger partial charge in [-0.25, -0.2) is 8.42 Å². The Morgan fingerprint density at radius 2 is 1.67 bits per heavy atom. The summed E-state index contributed by atoms with van der Waals surface area (Å²) in [6, 6.07) is 2.06. The zero-order valence-corrected chi connectivity index (χ0v) is 12.9. The summed E-state index contributed by atoms with van der Waals surface area (Å²) in [5, 5.41) is 0. The Labute approximate surface area is 114 Å². The van der Waals surface area contributed by atoms with Crippen molar-refractivity contribution in [2.45, 2.75) is 32.6 Å². The van der Waals surface area contributed by atoms with Crippen LogP contribution in [0.1, 0.15) is 22.3 Å². The normalized spacial score (nSPS) is 17.3. The van der Waals surface area contributed by atoms with E-state index in [2.05, 4.69) is 6.07 Å². The lowest BCUT2D eigenvalue weighted by molar-refractivity contribution is 0.488. The van der Waals surface area contributed by atoms with Crippen molar-refractivity contribution in [3.05, 3.63) is 28.3 Å². The molecule has 0 N–H and O–H groups in total. The van der Waals surface area contributed by atoms with E-state index < -0.39 is 10.0 Å². The fourth-order valence-corrected chi connectivity index (χ4v) is 5.67. The van der Waals surface area contributed by atoms with Gasteiger partial charge in [0.2, 0.25) is 10.0 Å². The minimum absolute atomic E-state index is 0.516. The van der Waals surface area contributed by atoms with E-state index in [1.165, 1.54) is 0 Å². The van der Waals surface area contributed by atoms with Crippen LogP contribution in [0.3, 0.4) is 0 Å². The van der Waals surface area contributed by atoms with Gasteiger partial charge in [0.25, 0.3) is 0 Å². The summed E-state index contributed by atoms with van der Waals surface area (Å²) in [5.74, 6) is 1.47. The lowest BCUT2D eigenvalue weighted by Gasteiger charge is -2.20. The molecule has 1 aromatic carbocycles. The van der Waals surface area contributed by atoms with E-state index >= 15 is 0 Å². The number of hydrogen-bond acceptors (Lipinski definition) is 3. The van der Waals surface area contributed by atoms with Gasteiger partial charge in [-0.15, -0.1) is 11.8 Å². The van der Waals surface area contributed by atoms with Crippen molar-refractivity contribution in [1.82, 2.24) is 4.31 Å². The van der Waals surface area contributed by atoms with Crippen LogP contribution in [0, 0.1) is 27.7 Å². The maximum atomic E-state index is 12.7. The van der Waals surface area contributed by atoms with Crippen molar-refractivity contribution in [1.29, 1.82) is 0 Å². The minimum Gasteiger partial charge on any atom is -0.207 e. The van der Waals surface area contributed by atoms with Crippen LogP contribution in [0.4, 0.5) is 0 Å². The first-order valence-corrected chi connectivity index (χ1v) is 8.60. The van der Waals surface area contributed by atoms with Gasteiger partial charge in [-0.1, -0.05) is 6.07 Å². The van der Waals surface area contributed by atoms with E-state index in [1.807, 2.05) is 27.7 Å². The Hall–Kier alpha value is -0.520. The number of benzene rings is 1. The molecular formula is C13H19NO2S2. The van der Waals surface area contributed by atoms with Crippen molar-refractivity contribution in [3.63, 3.8) is 0 Å². The van der Waals surface area contributed by atoms with Gasteiger partial charge in [0.1, 0.15) is 0 Å². The molecule has 3 nitrogen and oxygen atoms in total. The van der Waals surface area contributed by atoms with Gasteiger partial charge >= 0.3 is 0 Å². The maximum Gasteiger partial charge on any atom is 0.244 e. The molecule has 0 atom stereocenters.